The van der Waals surface area contributed by atoms with Crippen molar-refractivity contribution in [3.63, 3.8) is 0 Å². The van der Waals surface area contributed by atoms with Gasteiger partial charge in [-0.2, -0.15) is 13.2 Å². The van der Waals surface area contributed by atoms with Crippen LogP contribution in [-0.2, 0) is 15.8 Å². The van der Waals surface area contributed by atoms with E-state index in [4.69, 9.17) is 0 Å². The highest BCUT2D eigenvalue weighted by Crippen LogP contribution is 2.31. The fraction of sp³-hybridized carbons (Fsp3) is 0.0526. The number of nitrogens with one attached hydrogen (secondary N) is 2. The Morgan fingerprint density at radius 3 is 2.19 bits per heavy atom. The van der Waals surface area contributed by atoms with Crippen LogP contribution in [0.3, 0.4) is 0 Å². The van der Waals surface area contributed by atoms with Crippen LogP contribution in [-0.4, -0.2) is 16.9 Å². The van der Waals surface area contributed by atoms with Crippen LogP contribution < -0.4 is 10.6 Å². The SMILES string of the molecule is O=C(Nc1cccc(C(F)(F)F)c1)C(=O)Nc1cccc2c(O)cccc12. The number of amides is 2. The molecule has 0 radical (unpaired) electrons. The smallest absolute Gasteiger partial charge is 0.416 e. The number of benzene rings is 3. The molecule has 0 saturated heterocycles. The standard InChI is InChI=1S/C19H13F3N2O3/c20-19(21,22)11-4-1-5-12(10-11)23-17(26)18(27)24-15-8-2-7-14-13(15)6-3-9-16(14)25/h1-10,25H,(H,23,26)(H,24,27). The van der Waals surface area contributed by atoms with Gasteiger partial charge in [-0.3, -0.25) is 9.59 Å². The molecule has 0 atom stereocenters. The van der Waals surface area contributed by atoms with E-state index in [1.807, 2.05) is 0 Å². The predicted octanol–water partition coefficient (Wildman–Crippen LogP) is 4.14. The molecule has 3 aromatic rings. The van der Waals surface area contributed by atoms with Crippen LogP contribution in [0.5, 0.6) is 5.75 Å². The topological polar surface area (TPSA) is 78.4 Å². The number of fused-ring (bicyclic) bond motifs is 1. The lowest BCUT2D eigenvalue weighted by Crippen LogP contribution is -2.29. The quantitative estimate of drug-likeness (QED) is 0.590. The summed E-state index contributed by atoms with van der Waals surface area (Å²) < 4.78 is 38.2. The van der Waals surface area contributed by atoms with Gasteiger partial charge in [-0.15, -0.1) is 0 Å². The van der Waals surface area contributed by atoms with Crippen molar-refractivity contribution in [2.24, 2.45) is 0 Å². The van der Waals surface area contributed by atoms with Gasteiger partial charge in [0.25, 0.3) is 0 Å². The maximum atomic E-state index is 12.7. The minimum atomic E-state index is -4.56. The van der Waals surface area contributed by atoms with Crippen molar-refractivity contribution in [2.75, 3.05) is 10.6 Å². The minimum absolute atomic E-state index is 0.0111. The van der Waals surface area contributed by atoms with Crippen LogP contribution in [0.2, 0.25) is 0 Å². The average Bonchev–Trinajstić information content (AvgIpc) is 2.62. The van der Waals surface area contributed by atoms with Crippen molar-refractivity contribution in [3.05, 3.63) is 66.2 Å². The summed E-state index contributed by atoms with van der Waals surface area (Å²) in [6.07, 6.45) is -4.56. The second-order valence-electron chi connectivity index (χ2n) is 5.66. The van der Waals surface area contributed by atoms with Crippen LogP contribution in [0.25, 0.3) is 10.8 Å². The highest BCUT2D eigenvalue weighted by Gasteiger charge is 2.30. The summed E-state index contributed by atoms with van der Waals surface area (Å²) in [5.41, 5.74) is -0.807. The third-order valence-corrected chi connectivity index (χ3v) is 3.80. The molecule has 5 nitrogen and oxygen atoms in total. The zero-order chi connectivity index (χ0) is 19.6. The molecule has 0 aliphatic carbocycles. The normalized spacial score (nSPS) is 11.2. The first-order valence-electron chi connectivity index (χ1n) is 7.76. The van der Waals surface area contributed by atoms with E-state index in [0.717, 1.165) is 18.2 Å². The summed E-state index contributed by atoms with van der Waals surface area (Å²) in [5.74, 6) is -2.16. The summed E-state index contributed by atoms with van der Waals surface area (Å²) in [7, 11) is 0. The fourth-order valence-electron chi connectivity index (χ4n) is 2.54. The largest absolute Gasteiger partial charge is 0.507 e. The number of rotatable bonds is 2. The van der Waals surface area contributed by atoms with Crippen molar-refractivity contribution in [3.8, 4) is 5.75 Å². The van der Waals surface area contributed by atoms with Gasteiger partial charge < -0.3 is 15.7 Å². The van der Waals surface area contributed by atoms with E-state index < -0.39 is 23.6 Å². The van der Waals surface area contributed by atoms with Crippen LogP contribution >= 0.6 is 0 Å². The van der Waals surface area contributed by atoms with Crippen LogP contribution in [0.1, 0.15) is 5.56 Å². The van der Waals surface area contributed by atoms with Gasteiger partial charge in [-0.25, -0.2) is 0 Å². The molecular weight excluding hydrogens is 361 g/mol. The summed E-state index contributed by atoms with van der Waals surface area (Å²) in [6, 6.07) is 13.4. The molecule has 0 saturated carbocycles. The van der Waals surface area contributed by atoms with Crippen LogP contribution in [0, 0.1) is 0 Å². The van der Waals surface area contributed by atoms with Crippen molar-refractivity contribution >= 4 is 34.0 Å². The zero-order valence-corrected chi connectivity index (χ0v) is 13.7. The first-order valence-corrected chi connectivity index (χ1v) is 7.76. The minimum Gasteiger partial charge on any atom is -0.507 e. The maximum Gasteiger partial charge on any atom is 0.416 e. The number of aromatic hydroxyl groups is 1. The number of carbonyl (C=O) groups excluding carboxylic acids is 2. The van der Waals surface area contributed by atoms with Crippen molar-refractivity contribution in [1.29, 1.82) is 0 Å². The lowest BCUT2D eigenvalue weighted by molar-refractivity contribution is -0.137. The molecule has 0 spiro atoms. The highest BCUT2D eigenvalue weighted by atomic mass is 19.4. The van der Waals surface area contributed by atoms with E-state index in [1.54, 1.807) is 24.3 Å². The molecule has 2 amide bonds. The first-order chi connectivity index (χ1) is 12.8. The maximum absolute atomic E-state index is 12.7. The fourth-order valence-corrected chi connectivity index (χ4v) is 2.54. The predicted molar refractivity (Wildman–Crippen MR) is 94.3 cm³/mol. The van der Waals surface area contributed by atoms with Gasteiger partial charge >= 0.3 is 18.0 Å². The Kier molecular flexibility index (Phi) is 4.72. The van der Waals surface area contributed by atoms with Gasteiger partial charge in [0.1, 0.15) is 5.75 Å². The second-order valence-corrected chi connectivity index (χ2v) is 5.66. The molecule has 8 heteroatoms. The number of hydrogen-bond donors (Lipinski definition) is 3. The van der Waals surface area contributed by atoms with E-state index >= 15 is 0 Å². The van der Waals surface area contributed by atoms with Gasteiger partial charge in [0, 0.05) is 22.1 Å². The Hall–Kier alpha value is -3.55. The molecular formula is C19H13F3N2O3. The summed E-state index contributed by atoms with van der Waals surface area (Å²) in [6.45, 7) is 0. The van der Waals surface area contributed by atoms with E-state index in [1.165, 1.54) is 18.2 Å². The Balaban J connectivity index is 1.78. The van der Waals surface area contributed by atoms with Gasteiger partial charge in [-0.05, 0) is 30.3 Å². The number of anilines is 2. The zero-order valence-electron chi connectivity index (χ0n) is 13.7. The van der Waals surface area contributed by atoms with E-state index in [2.05, 4.69) is 10.6 Å². The molecule has 0 bridgehead atoms. The average molecular weight is 374 g/mol. The molecule has 138 valence electrons. The molecule has 0 fully saturated rings. The van der Waals surface area contributed by atoms with Crippen molar-refractivity contribution in [1.82, 2.24) is 0 Å². The number of carbonyl (C=O) groups is 2. The number of phenols is 1. The van der Waals surface area contributed by atoms with E-state index in [9.17, 15) is 27.9 Å². The highest BCUT2D eigenvalue weighted by molar-refractivity contribution is 6.44. The molecule has 3 N–H and O–H groups in total. The first kappa shape index (κ1) is 18.2. The molecule has 0 heterocycles. The molecule has 0 aliphatic rings. The number of halogens is 3. The van der Waals surface area contributed by atoms with Crippen molar-refractivity contribution < 1.29 is 27.9 Å². The number of alkyl halides is 3. The second kappa shape index (κ2) is 6.99. The molecule has 0 aliphatic heterocycles. The number of phenolic OH excluding ortho intramolecular Hbond substituents is 1. The van der Waals surface area contributed by atoms with Crippen molar-refractivity contribution in [2.45, 2.75) is 6.18 Å². The van der Waals surface area contributed by atoms with Crippen LogP contribution in [0.4, 0.5) is 24.5 Å². The summed E-state index contributed by atoms with van der Waals surface area (Å²) in [4.78, 5) is 24.1. The van der Waals surface area contributed by atoms with Gasteiger partial charge in [0.15, 0.2) is 0 Å². The number of hydrogen-bond acceptors (Lipinski definition) is 3. The summed E-state index contributed by atoms with van der Waals surface area (Å²) >= 11 is 0. The van der Waals surface area contributed by atoms with E-state index in [-0.39, 0.29) is 17.1 Å². The molecule has 3 rings (SSSR count). The molecule has 3 aromatic carbocycles. The molecule has 0 aromatic heterocycles. The Morgan fingerprint density at radius 2 is 1.44 bits per heavy atom. The molecule has 27 heavy (non-hydrogen) atoms. The Bertz CT molecular complexity index is 1030. The van der Waals surface area contributed by atoms with Gasteiger partial charge in [0.05, 0.1) is 5.56 Å². The Labute approximate surface area is 151 Å². The lowest BCUT2D eigenvalue weighted by Gasteiger charge is -2.11. The van der Waals surface area contributed by atoms with E-state index in [0.29, 0.717) is 10.8 Å². The third-order valence-electron chi connectivity index (χ3n) is 3.80. The van der Waals surface area contributed by atoms with Gasteiger partial charge in [-0.1, -0.05) is 30.3 Å². The lowest BCUT2D eigenvalue weighted by atomic mass is 10.1. The van der Waals surface area contributed by atoms with Gasteiger partial charge in [0.2, 0.25) is 0 Å². The third kappa shape index (κ3) is 4.00. The molecule has 0 unspecified atom stereocenters. The van der Waals surface area contributed by atoms with Crippen LogP contribution in [0.15, 0.2) is 60.7 Å². The Morgan fingerprint density at radius 1 is 0.815 bits per heavy atom. The monoisotopic (exact) mass is 374 g/mol. The summed E-state index contributed by atoms with van der Waals surface area (Å²) in [5, 5.41) is 15.4.